The van der Waals surface area contributed by atoms with Gasteiger partial charge in [0, 0.05) is 37.3 Å². The lowest BCUT2D eigenvalue weighted by atomic mass is 9.76. The molecule has 0 atom stereocenters. The Bertz CT molecular complexity index is 1490. The summed E-state index contributed by atoms with van der Waals surface area (Å²) < 4.78 is 1.88. The minimum absolute atomic E-state index is 0.0798. The van der Waals surface area contributed by atoms with Crippen molar-refractivity contribution in [1.82, 2.24) is 19.4 Å². The van der Waals surface area contributed by atoms with E-state index in [2.05, 4.69) is 40.2 Å². The molecule has 1 saturated carbocycles. The second kappa shape index (κ2) is 9.48. The Labute approximate surface area is 211 Å². The van der Waals surface area contributed by atoms with E-state index in [4.69, 9.17) is 4.98 Å². The fourth-order valence-electron chi connectivity index (χ4n) is 6.20. The summed E-state index contributed by atoms with van der Waals surface area (Å²) in [5, 5.41) is 12.9. The molecule has 0 amide bonds. The number of nitriles is 1. The number of benzene rings is 2. The average molecular weight is 478 g/mol. The maximum absolute atomic E-state index is 13.7. The van der Waals surface area contributed by atoms with Crippen LogP contribution >= 0.6 is 0 Å². The topological polar surface area (TPSA) is 74.8 Å². The van der Waals surface area contributed by atoms with Gasteiger partial charge in [-0.05, 0) is 54.8 Å². The third-order valence-electron chi connectivity index (χ3n) is 8.32. The first kappa shape index (κ1) is 22.9. The largest absolute Gasteiger partial charge is 0.299 e. The van der Waals surface area contributed by atoms with Crippen LogP contribution in [0, 0.1) is 11.3 Å². The third kappa shape index (κ3) is 3.98. The van der Waals surface area contributed by atoms with E-state index in [1.54, 1.807) is 12.5 Å². The lowest BCUT2D eigenvalue weighted by Gasteiger charge is -2.37. The van der Waals surface area contributed by atoms with Crippen molar-refractivity contribution >= 4 is 21.7 Å². The van der Waals surface area contributed by atoms with Crippen molar-refractivity contribution in [2.45, 2.75) is 62.9 Å². The molecule has 2 aliphatic rings. The molecule has 0 bridgehead atoms. The first-order valence-electron chi connectivity index (χ1n) is 13.2. The number of aromatic nitrogens is 3. The zero-order chi connectivity index (χ0) is 24.5. The van der Waals surface area contributed by atoms with Crippen LogP contribution in [0.3, 0.4) is 0 Å². The maximum atomic E-state index is 13.7. The summed E-state index contributed by atoms with van der Waals surface area (Å²) in [5.41, 5.74) is 2.37. The van der Waals surface area contributed by atoms with E-state index < -0.39 is 5.41 Å². The van der Waals surface area contributed by atoms with Gasteiger partial charge in [-0.25, -0.2) is 4.98 Å². The molecule has 0 unspecified atom stereocenters. The molecule has 1 aliphatic heterocycles. The molecule has 2 aromatic carbocycles. The second-order valence-electron chi connectivity index (χ2n) is 10.4. The van der Waals surface area contributed by atoms with Crippen molar-refractivity contribution in [2.75, 3.05) is 13.1 Å². The number of likely N-dealkylation sites (tertiary alicyclic amines) is 1. The third-order valence-corrected chi connectivity index (χ3v) is 8.32. The first-order valence-corrected chi connectivity index (χ1v) is 13.2. The summed E-state index contributed by atoms with van der Waals surface area (Å²) >= 11 is 0. The molecule has 6 nitrogen and oxygen atoms in total. The zero-order valence-corrected chi connectivity index (χ0v) is 20.6. The van der Waals surface area contributed by atoms with E-state index >= 15 is 0 Å². The van der Waals surface area contributed by atoms with Crippen molar-refractivity contribution < 1.29 is 0 Å². The van der Waals surface area contributed by atoms with Crippen molar-refractivity contribution in [3.05, 3.63) is 82.7 Å². The number of pyridine rings is 1. The van der Waals surface area contributed by atoms with Gasteiger partial charge in [0.25, 0.3) is 5.56 Å². The van der Waals surface area contributed by atoms with E-state index in [0.717, 1.165) is 72.9 Å². The molecule has 1 aliphatic carbocycles. The van der Waals surface area contributed by atoms with Gasteiger partial charge in [0.2, 0.25) is 0 Å². The normalized spacial score (nSPS) is 18.9. The van der Waals surface area contributed by atoms with Gasteiger partial charge in [0.1, 0.15) is 5.41 Å². The molecule has 2 aromatic heterocycles. The molecule has 6 rings (SSSR count). The van der Waals surface area contributed by atoms with Gasteiger partial charge >= 0.3 is 0 Å². The lowest BCUT2D eigenvalue weighted by molar-refractivity contribution is 0.177. The van der Waals surface area contributed by atoms with E-state index in [0.29, 0.717) is 5.39 Å². The standard InChI is InChI=1S/C30H31N5O/c31-20-30(27-12-6-7-15-32-27)13-16-34(17-14-30)19-22-18-26-28(25-11-5-4-10-24(22)25)33-21-35(29(26)36)23-8-2-1-3-9-23/h4-7,10-12,15,18,21,23H,1-3,8-9,13-14,16-17,19H2. The molecule has 36 heavy (non-hydrogen) atoms. The van der Waals surface area contributed by atoms with Crippen LogP contribution in [-0.4, -0.2) is 32.5 Å². The van der Waals surface area contributed by atoms with Crippen molar-refractivity contribution in [3.8, 4) is 6.07 Å². The minimum atomic E-state index is -0.527. The molecule has 182 valence electrons. The highest BCUT2D eigenvalue weighted by atomic mass is 16.1. The Morgan fingerprint density at radius 2 is 1.69 bits per heavy atom. The molecule has 0 radical (unpaired) electrons. The monoisotopic (exact) mass is 477 g/mol. The molecule has 0 N–H and O–H groups in total. The molecule has 6 heteroatoms. The van der Waals surface area contributed by atoms with Gasteiger partial charge in [-0.15, -0.1) is 0 Å². The predicted molar refractivity (Wildman–Crippen MR) is 142 cm³/mol. The summed E-state index contributed by atoms with van der Waals surface area (Å²) in [7, 11) is 0. The van der Waals surface area contributed by atoms with Crippen LogP contribution in [0.4, 0.5) is 0 Å². The lowest BCUT2D eigenvalue weighted by Crippen LogP contribution is -2.42. The van der Waals surface area contributed by atoms with Crippen LogP contribution in [0.2, 0.25) is 0 Å². The van der Waals surface area contributed by atoms with Gasteiger partial charge in [-0.1, -0.05) is 49.6 Å². The smallest absolute Gasteiger partial charge is 0.261 e. The van der Waals surface area contributed by atoms with Gasteiger partial charge in [0.05, 0.1) is 29.0 Å². The average Bonchev–Trinajstić information content (AvgIpc) is 2.95. The molecular weight excluding hydrogens is 446 g/mol. The molecular formula is C30H31N5O. The highest BCUT2D eigenvalue weighted by Gasteiger charge is 2.37. The molecule has 0 spiro atoms. The molecule has 3 heterocycles. The number of fused-ring (bicyclic) bond motifs is 3. The highest BCUT2D eigenvalue weighted by molar-refractivity contribution is 6.06. The van der Waals surface area contributed by atoms with Crippen molar-refractivity contribution in [2.24, 2.45) is 0 Å². The van der Waals surface area contributed by atoms with E-state index in [-0.39, 0.29) is 11.6 Å². The number of piperidine rings is 1. The number of hydrogen-bond donors (Lipinski definition) is 0. The Balaban J connectivity index is 1.34. The van der Waals surface area contributed by atoms with Crippen LogP contribution in [0.1, 0.15) is 62.2 Å². The van der Waals surface area contributed by atoms with Gasteiger partial charge in [0.15, 0.2) is 0 Å². The Morgan fingerprint density at radius 3 is 2.42 bits per heavy atom. The fourth-order valence-corrected chi connectivity index (χ4v) is 6.20. The quantitative estimate of drug-likeness (QED) is 0.363. The summed E-state index contributed by atoms with van der Waals surface area (Å²) in [5.74, 6) is 0. The van der Waals surface area contributed by atoms with E-state index in [1.165, 1.54) is 19.3 Å². The van der Waals surface area contributed by atoms with Gasteiger partial charge < -0.3 is 0 Å². The van der Waals surface area contributed by atoms with Crippen LogP contribution in [-0.2, 0) is 12.0 Å². The molecule has 2 fully saturated rings. The Kier molecular flexibility index (Phi) is 6.02. The van der Waals surface area contributed by atoms with Crippen molar-refractivity contribution in [1.29, 1.82) is 5.26 Å². The maximum Gasteiger partial charge on any atom is 0.261 e. The number of hydrogen-bond acceptors (Lipinski definition) is 5. The van der Waals surface area contributed by atoms with Gasteiger partial charge in [-0.3, -0.25) is 19.2 Å². The highest BCUT2D eigenvalue weighted by Crippen LogP contribution is 2.35. The zero-order valence-electron chi connectivity index (χ0n) is 20.6. The predicted octanol–water partition coefficient (Wildman–Crippen LogP) is 5.51. The molecule has 1 saturated heterocycles. The molecule has 4 aromatic rings. The van der Waals surface area contributed by atoms with E-state index in [9.17, 15) is 10.1 Å². The van der Waals surface area contributed by atoms with Crippen LogP contribution in [0.15, 0.2) is 65.8 Å². The van der Waals surface area contributed by atoms with Crippen LogP contribution in [0.5, 0.6) is 0 Å². The second-order valence-corrected chi connectivity index (χ2v) is 10.4. The number of nitrogens with zero attached hydrogens (tertiary/aromatic N) is 5. The fraction of sp³-hybridized carbons (Fsp3) is 0.400. The minimum Gasteiger partial charge on any atom is -0.299 e. The number of rotatable bonds is 4. The summed E-state index contributed by atoms with van der Waals surface area (Å²) in [4.78, 5) is 25.4. The summed E-state index contributed by atoms with van der Waals surface area (Å²) in [6.45, 7) is 2.38. The van der Waals surface area contributed by atoms with Crippen LogP contribution < -0.4 is 5.56 Å². The van der Waals surface area contributed by atoms with Crippen LogP contribution in [0.25, 0.3) is 21.7 Å². The first-order chi connectivity index (χ1) is 17.7. The SMILES string of the molecule is N#CC1(c2ccccn2)CCN(Cc2cc3c(=O)n(C4CCCCC4)cnc3c3ccccc23)CC1. The Hall–Kier alpha value is -3.56. The van der Waals surface area contributed by atoms with E-state index in [1.807, 2.05) is 28.8 Å². The summed E-state index contributed by atoms with van der Waals surface area (Å²) in [6, 6.07) is 19.0. The Morgan fingerprint density at radius 1 is 0.944 bits per heavy atom. The summed E-state index contributed by atoms with van der Waals surface area (Å²) in [6.07, 6.45) is 10.8. The van der Waals surface area contributed by atoms with Gasteiger partial charge in [-0.2, -0.15) is 5.26 Å². The van der Waals surface area contributed by atoms with Crippen molar-refractivity contribution in [3.63, 3.8) is 0 Å².